The molecule has 5 heteroatoms. The Morgan fingerprint density at radius 2 is 2.06 bits per heavy atom. The maximum absolute atomic E-state index is 11.2. The van der Waals surface area contributed by atoms with E-state index in [-0.39, 0.29) is 11.1 Å². The lowest BCUT2D eigenvalue weighted by molar-refractivity contribution is 0.0697. The van der Waals surface area contributed by atoms with Crippen LogP contribution in [0.15, 0.2) is 18.2 Å². The Morgan fingerprint density at radius 3 is 2.53 bits per heavy atom. The minimum Gasteiger partial charge on any atom is -0.492 e. The highest BCUT2D eigenvalue weighted by molar-refractivity contribution is 5.98. The van der Waals surface area contributed by atoms with Gasteiger partial charge in [-0.2, -0.15) is 0 Å². The Hall–Kier alpha value is -2.04. The van der Waals surface area contributed by atoms with Crippen molar-refractivity contribution in [1.29, 1.82) is 0 Å². The second-order valence-corrected chi connectivity index (χ2v) is 4.09. The second kappa shape index (κ2) is 5.34. The van der Waals surface area contributed by atoms with Crippen LogP contribution in [0.25, 0.3) is 0 Å². The summed E-state index contributed by atoms with van der Waals surface area (Å²) in [4.78, 5) is 22.0. The van der Waals surface area contributed by atoms with Gasteiger partial charge in [0.15, 0.2) is 0 Å². The van der Waals surface area contributed by atoms with Gasteiger partial charge in [-0.1, -0.05) is 13.8 Å². The largest absolute Gasteiger partial charge is 0.492 e. The molecular weight excluding hydrogens is 222 g/mol. The fraction of sp³-hybridized carbons (Fsp3) is 0.333. The molecule has 0 unspecified atom stereocenters. The van der Waals surface area contributed by atoms with Crippen molar-refractivity contribution < 1.29 is 19.4 Å². The van der Waals surface area contributed by atoms with E-state index in [2.05, 4.69) is 0 Å². The molecule has 1 rings (SSSR count). The van der Waals surface area contributed by atoms with Crippen LogP contribution in [-0.4, -0.2) is 23.6 Å². The van der Waals surface area contributed by atoms with Crippen LogP contribution < -0.4 is 10.5 Å². The predicted octanol–water partition coefficient (Wildman–Crippen LogP) is 1.52. The molecule has 0 radical (unpaired) electrons. The summed E-state index contributed by atoms with van der Waals surface area (Å²) >= 11 is 0. The number of benzene rings is 1. The minimum atomic E-state index is -1.11. The van der Waals surface area contributed by atoms with Crippen LogP contribution in [0.2, 0.25) is 0 Å². The zero-order valence-electron chi connectivity index (χ0n) is 9.77. The number of hydrogen-bond donors (Lipinski definition) is 2. The molecule has 0 saturated carbocycles. The lowest BCUT2D eigenvalue weighted by Crippen LogP contribution is -2.15. The summed E-state index contributed by atoms with van der Waals surface area (Å²) in [6.45, 7) is 4.37. The molecule has 0 saturated heterocycles. The maximum Gasteiger partial charge on any atom is 0.335 e. The van der Waals surface area contributed by atoms with Crippen molar-refractivity contribution in [3.63, 3.8) is 0 Å². The van der Waals surface area contributed by atoms with Crippen LogP contribution in [0.1, 0.15) is 34.6 Å². The lowest BCUT2D eigenvalue weighted by Gasteiger charge is -2.11. The highest BCUT2D eigenvalue weighted by Gasteiger charge is 2.13. The third-order valence-corrected chi connectivity index (χ3v) is 2.06. The molecule has 0 fully saturated rings. The third-order valence-electron chi connectivity index (χ3n) is 2.06. The van der Waals surface area contributed by atoms with E-state index < -0.39 is 11.9 Å². The van der Waals surface area contributed by atoms with Crippen LogP contribution in [-0.2, 0) is 0 Å². The van der Waals surface area contributed by atoms with Crippen LogP contribution in [0, 0.1) is 5.92 Å². The molecule has 5 nitrogen and oxygen atoms in total. The van der Waals surface area contributed by atoms with Gasteiger partial charge in [0.1, 0.15) is 5.75 Å². The normalized spacial score (nSPS) is 10.3. The minimum absolute atomic E-state index is 0.00990. The average molecular weight is 237 g/mol. The number of aromatic carboxylic acids is 1. The number of carbonyl (C=O) groups excluding carboxylic acids is 1. The monoisotopic (exact) mass is 237 g/mol. The first-order chi connectivity index (χ1) is 7.91. The molecule has 3 N–H and O–H groups in total. The number of rotatable bonds is 5. The SMILES string of the molecule is CC(C)COc1ccc(C(=O)O)cc1C(N)=O. The van der Waals surface area contributed by atoms with Crippen molar-refractivity contribution in [1.82, 2.24) is 0 Å². The van der Waals surface area contributed by atoms with Crippen molar-refractivity contribution in [2.24, 2.45) is 11.7 Å². The van der Waals surface area contributed by atoms with E-state index >= 15 is 0 Å². The Labute approximate surface area is 99.2 Å². The summed E-state index contributed by atoms with van der Waals surface area (Å²) in [6.07, 6.45) is 0. The smallest absolute Gasteiger partial charge is 0.335 e. The molecule has 1 aromatic carbocycles. The Kier molecular flexibility index (Phi) is 4.09. The number of primary amides is 1. The van der Waals surface area contributed by atoms with Gasteiger partial charge < -0.3 is 15.6 Å². The molecule has 1 amide bonds. The summed E-state index contributed by atoms with van der Waals surface area (Å²) in [5.74, 6) is -1.19. The summed E-state index contributed by atoms with van der Waals surface area (Å²) in [5, 5.41) is 8.81. The number of carboxylic acid groups (broad SMARTS) is 1. The fourth-order valence-corrected chi connectivity index (χ4v) is 1.24. The number of ether oxygens (including phenoxy) is 1. The summed E-state index contributed by atoms with van der Waals surface area (Å²) < 4.78 is 5.40. The first-order valence-electron chi connectivity index (χ1n) is 5.21. The van der Waals surface area contributed by atoms with Crippen molar-refractivity contribution in [3.8, 4) is 5.75 Å². The highest BCUT2D eigenvalue weighted by Crippen LogP contribution is 2.20. The highest BCUT2D eigenvalue weighted by atomic mass is 16.5. The van der Waals surface area contributed by atoms with E-state index in [1.807, 2.05) is 13.8 Å². The molecule has 92 valence electrons. The maximum atomic E-state index is 11.2. The van der Waals surface area contributed by atoms with Gasteiger partial charge in [-0.15, -0.1) is 0 Å². The Morgan fingerprint density at radius 1 is 1.41 bits per heavy atom. The standard InChI is InChI=1S/C12H15NO4/c1-7(2)6-17-10-4-3-8(12(15)16)5-9(10)11(13)14/h3-5,7H,6H2,1-2H3,(H2,13,14)(H,15,16). The summed E-state index contributed by atoms with van der Waals surface area (Å²) in [6, 6.07) is 4.05. The molecule has 0 aromatic heterocycles. The van der Waals surface area contributed by atoms with E-state index in [4.69, 9.17) is 15.6 Å². The van der Waals surface area contributed by atoms with E-state index in [0.29, 0.717) is 18.3 Å². The van der Waals surface area contributed by atoms with Crippen molar-refractivity contribution in [2.75, 3.05) is 6.61 Å². The number of amides is 1. The van der Waals surface area contributed by atoms with Crippen molar-refractivity contribution in [3.05, 3.63) is 29.3 Å². The van der Waals surface area contributed by atoms with Crippen LogP contribution in [0.5, 0.6) is 5.75 Å². The molecule has 0 spiro atoms. The van der Waals surface area contributed by atoms with E-state index in [9.17, 15) is 9.59 Å². The number of carbonyl (C=O) groups is 2. The zero-order chi connectivity index (χ0) is 13.0. The van der Waals surface area contributed by atoms with Gasteiger partial charge >= 0.3 is 5.97 Å². The van der Waals surface area contributed by atoms with Crippen LogP contribution >= 0.6 is 0 Å². The summed E-state index contributed by atoms with van der Waals surface area (Å²) in [7, 11) is 0. The van der Waals surface area contributed by atoms with Gasteiger partial charge in [0, 0.05) is 0 Å². The molecular formula is C12H15NO4. The Balaban J connectivity index is 3.04. The molecule has 0 heterocycles. The topological polar surface area (TPSA) is 89.6 Å². The van der Waals surface area contributed by atoms with Gasteiger partial charge in [-0.25, -0.2) is 4.79 Å². The number of hydrogen-bond acceptors (Lipinski definition) is 3. The van der Waals surface area contributed by atoms with Gasteiger partial charge in [0.05, 0.1) is 17.7 Å². The molecule has 0 aliphatic rings. The first-order valence-corrected chi connectivity index (χ1v) is 5.21. The molecule has 0 aliphatic heterocycles. The molecule has 17 heavy (non-hydrogen) atoms. The third kappa shape index (κ3) is 3.48. The second-order valence-electron chi connectivity index (χ2n) is 4.09. The van der Waals surface area contributed by atoms with E-state index in [1.165, 1.54) is 18.2 Å². The number of nitrogens with two attached hydrogens (primary N) is 1. The fourth-order valence-electron chi connectivity index (χ4n) is 1.24. The zero-order valence-corrected chi connectivity index (χ0v) is 9.77. The van der Waals surface area contributed by atoms with Crippen molar-refractivity contribution >= 4 is 11.9 Å². The Bertz CT molecular complexity index is 440. The summed E-state index contributed by atoms with van der Waals surface area (Å²) in [5.41, 5.74) is 5.28. The molecule has 0 aliphatic carbocycles. The first kappa shape index (κ1) is 13.0. The van der Waals surface area contributed by atoms with Crippen LogP contribution in [0.4, 0.5) is 0 Å². The average Bonchev–Trinajstić information content (AvgIpc) is 2.25. The number of carboxylic acids is 1. The molecule has 0 atom stereocenters. The van der Waals surface area contributed by atoms with Gasteiger partial charge in [-0.3, -0.25) is 4.79 Å². The van der Waals surface area contributed by atoms with Gasteiger partial charge in [0.2, 0.25) is 0 Å². The van der Waals surface area contributed by atoms with Crippen molar-refractivity contribution in [2.45, 2.75) is 13.8 Å². The van der Waals surface area contributed by atoms with E-state index in [1.54, 1.807) is 0 Å². The van der Waals surface area contributed by atoms with Gasteiger partial charge in [-0.05, 0) is 24.1 Å². The lowest BCUT2D eigenvalue weighted by atomic mass is 10.1. The molecule has 0 bridgehead atoms. The quantitative estimate of drug-likeness (QED) is 0.812. The molecule has 1 aromatic rings. The van der Waals surface area contributed by atoms with Crippen LogP contribution in [0.3, 0.4) is 0 Å². The van der Waals surface area contributed by atoms with E-state index in [0.717, 1.165) is 0 Å². The van der Waals surface area contributed by atoms with Gasteiger partial charge in [0.25, 0.3) is 5.91 Å². The predicted molar refractivity (Wildman–Crippen MR) is 62.3 cm³/mol.